The average Bonchev–Trinajstić information content (AvgIpc) is 2.93. The monoisotopic (exact) mass is 336 g/mol. The van der Waals surface area contributed by atoms with Crippen LogP contribution in [0.5, 0.6) is 0 Å². The van der Waals surface area contributed by atoms with Gasteiger partial charge in [0, 0.05) is 10.3 Å². The van der Waals surface area contributed by atoms with Gasteiger partial charge >= 0.3 is 5.97 Å². The molecule has 1 aromatic rings. The highest BCUT2D eigenvalue weighted by Gasteiger charge is 2.34. The first kappa shape index (κ1) is 17.2. The number of carbonyl (C=O) groups excluding carboxylic acids is 2. The fourth-order valence-electron chi connectivity index (χ4n) is 2.76. The molecule has 3 N–H and O–H groups in total. The molecule has 1 heterocycles. The predicted octanol–water partition coefficient (Wildman–Crippen LogP) is 2.05. The van der Waals surface area contributed by atoms with E-state index in [1.165, 1.54) is 11.3 Å². The van der Waals surface area contributed by atoms with Gasteiger partial charge in [-0.25, -0.2) is 0 Å². The maximum Gasteiger partial charge on any atom is 0.307 e. The van der Waals surface area contributed by atoms with E-state index in [1.54, 1.807) is 17.5 Å². The molecule has 2 amide bonds. The van der Waals surface area contributed by atoms with Crippen LogP contribution < -0.4 is 10.9 Å². The van der Waals surface area contributed by atoms with E-state index in [9.17, 15) is 19.5 Å². The van der Waals surface area contributed by atoms with Crippen molar-refractivity contribution in [3.8, 4) is 0 Å². The van der Waals surface area contributed by atoms with E-state index in [1.807, 2.05) is 13.8 Å². The van der Waals surface area contributed by atoms with E-state index >= 15 is 0 Å². The van der Waals surface area contributed by atoms with E-state index in [4.69, 9.17) is 0 Å². The summed E-state index contributed by atoms with van der Waals surface area (Å²) in [5, 5.41) is 10.9. The van der Waals surface area contributed by atoms with Crippen molar-refractivity contribution in [1.29, 1.82) is 0 Å². The van der Waals surface area contributed by atoms with E-state index in [2.05, 4.69) is 10.9 Å². The van der Waals surface area contributed by atoms with Gasteiger partial charge in [0.1, 0.15) is 0 Å². The minimum atomic E-state index is -0.998. The van der Waals surface area contributed by atoms with Crippen molar-refractivity contribution in [3.63, 3.8) is 0 Å². The first-order valence-corrected chi connectivity index (χ1v) is 8.38. The molecule has 0 aliphatic heterocycles. The topological polar surface area (TPSA) is 95.5 Å². The highest BCUT2D eigenvalue weighted by Crippen LogP contribution is 2.26. The fourth-order valence-corrected chi connectivity index (χ4v) is 3.70. The summed E-state index contributed by atoms with van der Waals surface area (Å²) in [6.45, 7) is 3.92. The first-order valence-electron chi connectivity index (χ1n) is 7.50. The smallest absolute Gasteiger partial charge is 0.307 e. The number of hydrogen-bond donors (Lipinski definition) is 3. The maximum absolute atomic E-state index is 12.2. The molecule has 0 fully saturated rings. The van der Waals surface area contributed by atoms with Crippen molar-refractivity contribution in [2.45, 2.75) is 33.1 Å². The summed E-state index contributed by atoms with van der Waals surface area (Å²) in [6, 6.07) is 0. The van der Waals surface area contributed by atoms with Crippen LogP contribution in [0.1, 0.15) is 40.6 Å². The van der Waals surface area contributed by atoms with Gasteiger partial charge in [-0.15, -0.1) is 11.3 Å². The molecule has 0 radical (unpaired) electrons. The van der Waals surface area contributed by atoms with Gasteiger partial charge in [0.15, 0.2) is 0 Å². The molecule has 1 aliphatic rings. The number of amides is 2. The van der Waals surface area contributed by atoms with Gasteiger partial charge in [-0.3, -0.25) is 25.2 Å². The molecule has 0 bridgehead atoms. The molecule has 7 heteroatoms. The highest BCUT2D eigenvalue weighted by atomic mass is 32.1. The molecular weight excluding hydrogens is 316 g/mol. The van der Waals surface area contributed by atoms with Crippen molar-refractivity contribution < 1.29 is 19.5 Å². The van der Waals surface area contributed by atoms with Gasteiger partial charge in [-0.2, -0.15) is 0 Å². The third-order valence-corrected chi connectivity index (χ3v) is 5.04. The Kier molecular flexibility index (Phi) is 5.54. The number of thiophene rings is 1. The Bertz CT molecular complexity index is 651. The molecular formula is C16H20N2O4S. The molecule has 124 valence electrons. The number of hydrogen-bond acceptors (Lipinski definition) is 4. The Morgan fingerprint density at radius 2 is 1.87 bits per heavy atom. The van der Waals surface area contributed by atoms with E-state index < -0.39 is 23.7 Å². The Hall–Kier alpha value is -2.15. The number of hydrazine groups is 1. The SMILES string of the molecule is CCc1c(C(=O)NNC(=O)C2CC=CCC2C(=O)O)csc1C. The number of carboxylic acids is 1. The number of aryl methyl sites for hydroxylation is 1. The van der Waals surface area contributed by atoms with E-state index in [-0.39, 0.29) is 5.91 Å². The standard InChI is InChI=1S/C16H20N2O4S/c1-3-10-9(2)23-8-13(10)15(20)18-17-14(19)11-6-4-5-7-12(11)16(21)22/h4-5,8,11-12H,3,6-7H2,1-2H3,(H,17,19)(H,18,20)(H,21,22). The molecule has 2 unspecified atom stereocenters. The summed E-state index contributed by atoms with van der Waals surface area (Å²) >= 11 is 1.49. The number of nitrogens with one attached hydrogen (secondary N) is 2. The number of carboxylic acid groups (broad SMARTS) is 1. The summed E-state index contributed by atoms with van der Waals surface area (Å²) < 4.78 is 0. The van der Waals surface area contributed by atoms with Crippen LogP contribution >= 0.6 is 11.3 Å². The number of allylic oxidation sites excluding steroid dienone is 2. The van der Waals surface area contributed by atoms with Crippen LogP contribution in [-0.4, -0.2) is 22.9 Å². The van der Waals surface area contributed by atoms with Gasteiger partial charge in [0.05, 0.1) is 17.4 Å². The van der Waals surface area contributed by atoms with E-state index in [0.717, 1.165) is 16.9 Å². The quantitative estimate of drug-likeness (QED) is 0.579. The van der Waals surface area contributed by atoms with Crippen LogP contribution in [0.3, 0.4) is 0 Å². The Morgan fingerprint density at radius 3 is 2.48 bits per heavy atom. The molecule has 23 heavy (non-hydrogen) atoms. The zero-order chi connectivity index (χ0) is 17.0. The summed E-state index contributed by atoms with van der Waals surface area (Å²) in [7, 11) is 0. The minimum absolute atomic E-state index is 0.324. The summed E-state index contributed by atoms with van der Waals surface area (Å²) in [4.78, 5) is 36.7. The second kappa shape index (κ2) is 7.41. The maximum atomic E-state index is 12.2. The number of aliphatic carboxylic acids is 1. The summed E-state index contributed by atoms with van der Waals surface area (Å²) in [5.74, 6) is -3.28. The second-order valence-electron chi connectivity index (χ2n) is 5.48. The Labute approximate surface area is 138 Å². The fraction of sp³-hybridized carbons (Fsp3) is 0.438. The zero-order valence-electron chi connectivity index (χ0n) is 13.1. The third-order valence-electron chi connectivity index (χ3n) is 4.09. The molecule has 2 rings (SSSR count). The van der Waals surface area contributed by atoms with E-state index in [0.29, 0.717) is 18.4 Å². The Morgan fingerprint density at radius 1 is 1.22 bits per heavy atom. The largest absolute Gasteiger partial charge is 0.481 e. The molecule has 1 aliphatic carbocycles. The first-order chi connectivity index (χ1) is 11.0. The minimum Gasteiger partial charge on any atom is -0.481 e. The molecule has 0 spiro atoms. The van der Waals surface area contributed by atoms with Gasteiger partial charge in [0.25, 0.3) is 5.91 Å². The lowest BCUT2D eigenvalue weighted by Crippen LogP contribution is -2.47. The predicted molar refractivity (Wildman–Crippen MR) is 87.0 cm³/mol. The van der Waals surface area contributed by atoms with Crippen molar-refractivity contribution >= 4 is 29.1 Å². The second-order valence-corrected chi connectivity index (χ2v) is 6.56. The van der Waals surface area contributed by atoms with Gasteiger partial charge < -0.3 is 5.11 Å². The van der Waals surface area contributed by atoms with Crippen LogP contribution in [0.2, 0.25) is 0 Å². The molecule has 0 saturated carbocycles. The molecule has 2 atom stereocenters. The van der Waals surface area contributed by atoms with Gasteiger partial charge in [-0.1, -0.05) is 19.1 Å². The van der Waals surface area contributed by atoms with Crippen LogP contribution in [0.4, 0.5) is 0 Å². The lowest BCUT2D eigenvalue weighted by Gasteiger charge is -2.24. The molecule has 1 aromatic heterocycles. The van der Waals surface area contributed by atoms with Crippen LogP contribution in [0.25, 0.3) is 0 Å². The number of carbonyl (C=O) groups is 3. The van der Waals surface area contributed by atoms with Crippen molar-refractivity contribution in [1.82, 2.24) is 10.9 Å². The Balaban J connectivity index is 1.99. The molecule has 0 saturated heterocycles. The normalized spacial score (nSPS) is 20.1. The summed E-state index contributed by atoms with van der Waals surface area (Å²) in [6.07, 6.45) is 4.98. The van der Waals surface area contributed by atoms with Crippen molar-refractivity contribution in [3.05, 3.63) is 33.5 Å². The summed E-state index contributed by atoms with van der Waals surface area (Å²) in [5.41, 5.74) is 6.27. The van der Waals surface area contributed by atoms with Crippen LogP contribution in [0.15, 0.2) is 17.5 Å². The van der Waals surface area contributed by atoms with Crippen molar-refractivity contribution in [2.75, 3.05) is 0 Å². The van der Waals surface area contributed by atoms with Gasteiger partial charge in [0.2, 0.25) is 5.91 Å². The molecule has 0 aromatic carbocycles. The lowest BCUT2D eigenvalue weighted by atomic mass is 9.82. The highest BCUT2D eigenvalue weighted by molar-refractivity contribution is 7.10. The zero-order valence-corrected chi connectivity index (χ0v) is 13.9. The van der Waals surface area contributed by atoms with Gasteiger partial charge in [-0.05, 0) is 31.7 Å². The average molecular weight is 336 g/mol. The third kappa shape index (κ3) is 3.79. The molecule has 6 nitrogen and oxygen atoms in total. The van der Waals surface area contributed by atoms with Crippen LogP contribution in [0, 0.1) is 18.8 Å². The lowest BCUT2D eigenvalue weighted by molar-refractivity contribution is -0.147. The number of rotatable bonds is 4. The van der Waals surface area contributed by atoms with Crippen molar-refractivity contribution in [2.24, 2.45) is 11.8 Å². The van der Waals surface area contributed by atoms with Crippen LogP contribution in [-0.2, 0) is 16.0 Å².